The first kappa shape index (κ1) is 36.9. The van der Waals surface area contributed by atoms with Crippen molar-refractivity contribution in [3.63, 3.8) is 0 Å². The monoisotopic (exact) mass is 317 g/mol. The van der Waals surface area contributed by atoms with Crippen LogP contribution in [0.15, 0.2) is 5.34 Å². The SMILES string of the molecule is O=N[O-].OB(O)O.OB(O)O.OB(O)O.OB(O)O.[Na+]. The van der Waals surface area contributed by atoms with Gasteiger partial charge in [0.05, 0.1) is 0 Å². The van der Waals surface area contributed by atoms with Gasteiger partial charge in [-0.1, -0.05) is 0 Å². The molecule has 0 unspecified atom stereocenters. The van der Waals surface area contributed by atoms with Crippen LogP contribution in [0.4, 0.5) is 0 Å². The molecule has 0 aromatic heterocycles. The van der Waals surface area contributed by atoms with Crippen LogP contribution < -0.4 is 29.6 Å². The van der Waals surface area contributed by atoms with Gasteiger partial charge in [-0.15, -0.1) is 5.34 Å². The van der Waals surface area contributed by atoms with E-state index < -0.39 is 29.3 Å². The van der Waals surface area contributed by atoms with Gasteiger partial charge in [0.15, 0.2) is 0 Å². The maximum atomic E-state index is 8.00. The molecule has 0 amide bonds. The molecule has 0 aliphatic carbocycles. The fraction of sp³-hybridized carbons (Fsp3) is 0. The molecule has 20 heteroatoms. The molecule has 114 valence electrons. The van der Waals surface area contributed by atoms with Crippen LogP contribution in [-0.4, -0.2) is 89.6 Å². The molecule has 0 saturated carbocycles. The molecule has 0 heterocycles. The zero-order valence-electron chi connectivity index (χ0n) is 9.94. The molecule has 12 N–H and O–H groups in total. The topological polar surface area (TPSA) is 295 Å². The Morgan fingerprint density at radius 1 is 0.550 bits per heavy atom. The minimum absolute atomic E-state index is 0. The summed E-state index contributed by atoms with van der Waals surface area (Å²) in [6.07, 6.45) is 0. The third-order valence-electron chi connectivity index (χ3n) is 0. The van der Waals surface area contributed by atoms with Crippen molar-refractivity contribution in [1.29, 1.82) is 0 Å². The molecule has 0 saturated heterocycles. The molecule has 20 heavy (non-hydrogen) atoms. The molecule has 0 aliphatic rings. The minimum Gasteiger partial charge on any atom is -0.444 e. The predicted molar refractivity (Wildman–Crippen MR) is 58.8 cm³/mol. The van der Waals surface area contributed by atoms with Gasteiger partial charge in [-0.2, -0.15) is 0 Å². The largest absolute Gasteiger partial charge is 1.00 e. The molecule has 0 radical (unpaired) electrons. The van der Waals surface area contributed by atoms with E-state index in [0.717, 1.165) is 5.34 Å². The Bertz CT molecular complexity index is 97.3. The van der Waals surface area contributed by atoms with Crippen LogP contribution in [0, 0.1) is 10.1 Å². The third-order valence-corrected chi connectivity index (χ3v) is 0. The predicted octanol–water partition coefficient (Wildman–Crippen LogP) is -11.0. The van der Waals surface area contributed by atoms with Gasteiger partial charge in [0.25, 0.3) is 0 Å². The average molecular weight is 316 g/mol. The summed E-state index contributed by atoms with van der Waals surface area (Å²) >= 11 is 0. The molecule has 0 fully saturated rings. The molecule has 0 aliphatic heterocycles. The van der Waals surface area contributed by atoms with Crippen molar-refractivity contribution in [3.8, 4) is 0 Å². The van der Waals surface area contributed by atoms with Gasteiger partial charge in [0.2, 0.25) is 0 Å². The van der Waals surface area contributed by atoms with Crippen molar-refractivity contribution in [2.75, 3.05) is 0 Å². The summed E-state index contributed by atoms with van der Waals surface area (Å²) in [5.74, 6) is 0. The maximum absolute atomic E-state index is 8.00. The molecule has 0 bridgehead atoms. The quantitative estimate of drug-likeness (QED) is 0.112. The van der Waals surface area contributed by atoms with Crippen LogP contribution in [0.5, 0.6) is 0 Å². The van der Waals surface area contributed by atoms with Gasteiger partial charge in [0, 0.05) is 0 Å². The Labute approximate surface area is 134 Å². The normalized spacial score (nSPS) is 6.00. The van der Waals surface area contributed by atoms with E-state index in [1.807, 2.05) is 0 Å². The van der Waals surface area contributed by atoms with Gasteiger partial charge in [-0.25, -0.2) is 0 Å². The molecule has 0 atom stereocenters. The van der Waals surface area contributed by atoms with Crippen LogP contribution in [0.3, 0.4) is 0 Å². The summed E-state index contributed by atoms with van der Waals surface area (Å²) in [6.45, 7) is 0. The zero-order chi connectivity index (χ0) is 17.0. The molecule has 0 rings (SSSR count). The molecule has 15 nitrogen and oxygen atoms in total. The Morgan fingerprint density at radius 3 is 0.550 bits per heavy atom. The van der Waals surface area contributed by atoms with Gasteiger partial charge >= 0.3 is 58.8 Å². The molecule has 0 aromatic rings. The van der Waals surface area contributed by atoms with Crippen molar-refractivity contribution in [1.82, 2.24) is 0 Å². The first-order valence-electron chi connectivity index (χ1n) is 3.46. The van der Waals surface area contributed by atoms with Crippen LogP contribution in [0.25, 0.3) is 0 Å². The summed E-state index contributed by atoms with van der Waals surface area (Å²) in [5, 5.41) is 95.0. The summed E-state index contributed by atoms with van der Waals surface area (Å²) < 4.78 is 0. The van der Waals surface area contributed by atoms with Crippen LogP contribution >= 0.6 is 0 Å². The summed E-state index contributed by atoms with van der Waals surface area (Å²) in [5.41, 5.74) is 0. The smallest absolute Gasteiger partial charge is 0.444 e. The van der Waals surface area contributed by atoms with Crippen molar-refractivity contribution >= 4 is 29.3 Å². The second-order valence-corrected chi connectivity index (χ2v) is 1.46. The van der Waals surface area contributed by atoms with Crippen molar-refractivity contribution in [2.24, 2.45) is 5.34 Å². The van der Waals surface area contributed by atoms with Crippen molar-refractivity contribution < 1.29 is 89.8 Å². The first-order chi connectivity index (χ1) is 8.34. The standard InChI is InChI=1S/4BH3O3.HNO2.Na/c4*2-1(3)4;2-1-3;/h4*2-4H;(H,2,3);/q;;;;;+1/p-1. The third kappa shape index (κ3) is 166000. The summed E-state index contributed by atoms with van der Waals surface area (Å²) in [4.78, 5) is 8.00. The van der Waals surface area contributed by atoms with Gasteiger partial charge in [-0.05, 0) is 0 Å². The van der Waals surface area contributed by atoms with E-state index in [0.29, 0.717) is 0 Å². The first-order valence-corrected chi connectivity index (χ1v) is 3.46. The van der Waals surface area contributed by atoms with Crippen LogP contribution in [0.2, 0.25) is 0 Å². The van der Waals surface area contributed by atoms with E-state index in [1.165, 1.54) is 0 Å². The summed E-state index contributed by atoms with van der Waals surface area (Å²) in [7, 11) is -8.67. The maximum Gasteiger partial charge on any atom is 1.00 e. The Balaban J connectivity index is -0.0000000304. The molecule has 0 aromatic carbocycles. The Hall–Kier alpha value is 0.180. The van der Waals surface area contributed by atoms with Crippen LogP contribution in [-0.2, 0) is 0 Å². The second-order valence-electron chi connectivity index (χ2n) is 1.46. The van der Waals surface area contributed by atoms with Gasteiger partial charge in [0.1, 0.15) is 0 Å². The Kier molecular flexibility index (Phi) is 67.4. The number of rotatable bonds is 0. The van der Waals surface area contributed by atoms with E-state index in [2.05, 4.69) is 0 Å². The molecule has 0 spiro atoms. The second kappa shape index (κ2) is 36.5. The van der Waals surface area contributed by atoms with E-state index in [-0.39, 0.29) is 29.6 Å². The minimum atomic E-state index is -2.17. The van der Waals surface area contributed by atoms with Gasteiger partial charge < -0.3 is 70.4 Å². The van der Waals surface area contributed by atoms with E-state index in [9.17, 15) is 0 Å². The van der Waals surface area contributed by atoms with E-state index in [1.54, 1.807) is 0 Å². The molecular formula is H12B4NNaO14. The van der Waals surface area contributed by atoms with Crippen molar-refractivity contribution in [2.45, 2.75) is 0 Å². The fourth-order valence-corrected chi connectivity index (χ4v) is 0. The average Bonchev–Trinajstić information content (AvgIpc) is 1.97. The van der Waals surface area contributed by atoms with E-state index in [4.69, 9.17) is 70.4 Å². The fourth-order valence-electron chi connectivity index (χ4n) is 0. The van der Waals surface area contributed by atoms with Crippen molar-refractivity contribution in [3.05, 3.63) is 10.1 Å². The van der Waals surface area contributed by atoms with Gasteiger partial charge in [-0.3, -0.25) is 0 Å². The van der Waals surface area contributed by atoms with Crippen LogP contribution in [0.1, 0.15) is 0 Å². The number of hydrogen-bond donors (Lipinski definition) is 12. The number of hydrogen-bond acceptors (Lipinski definition) is 15. The molecular weight excluding hydrogens is 304 g/mol. The number of nitrogens with zero attached hydrogens (tertiary/aromatic N) is 1. The summed E-state index contributed by atoms with van der Waals surface area (Å²) in [6, 6.07) is 0. The zero-order valence-corrected chi connectivity index (χ0v) is 11.9. The Morgan fingerprint density at radius 2 is 0.550 bits per heavy atom. The van der Waals surface area contributed by atoms with E-state index >= 15 is 0 Å².